The van der Waals surface area contributed by atoms with E-state index in [-0.39, 0.29) is 17.9 Å². The first-order valence-electron chi connectivity index (χ1n) is 16.9. The summed E-state index contributed by atoms with van der Waals surface area (Å²) >= 11 is 0. The number of nitrogens with zero attached hydrogens (tertiary/aromatic N) is 2. The van der Waals surface area contributed by atoms with Crippen molar-refractivity contribution in [3.05, 3.63) is 89.0 Å². The van der Waals surface area contributed by atoms with Gasteiger partial charge in [-0.15, -0.1) is 0 Å². The van der Waals surface area contributed by atoms with Crippen molar-refractivity contribution in [2.45, 2.75) is 70.5 Å². The van der Waals surface area contributed by atoms with Crippen LogP contribution in [0.2, 0.25) is 0 Å². The Kier molecular flexibility index (Phi) is 12.5. The lowest BCUT2D eigenvalue weighted by Crippen LogP contribution is -2.46. The summed E-state index contributed by atoms with van der Waals surface area (Å²) in [6, 6.07) is 22.5. The van der Waals surface area contributed by atoms with E-state index >= 15 is 0 Å². The third kappa shape index (κ3) is 9.49. The molecule has 0 spiro atoms. The molecule has 9 nitrogen and oxygen atoms in total. The van der Waals surface area contributed by atoms with E-state index in [4.69, 9.17) is 18.9 Å². The van der Waals surface area contributed by atoms with E-state index in [0.29, 0.717) is 58.9 Å². The molecule has 3 aromatic carbocycles. The summed E-state index contributed by atoms with van der Waals surface area (Å²) in [4.78, 5) is 27.9. The summed E-state index contributed by atoms with van der Waals surface area (Å²) in [5.74, 6) is 1.89. The standard InChI is InChI=1S/C38H48N2O7/c1-3-28-8-14-32(15-9-28)45-23-4-5-24-46-33-16-11-30(12-17-33)34-19-21-39(38(42)43)26-36(34)47-27-29-7-10-31-13-18-37(41)40(35(31)25-29)20-6-22-44-2/h7-12,14-17,25,34,36H,3-6,13,18-24,26-27H2,1-2H3,(H,42,43). The van der Waals surface area contributed by atoms with Crippen molar-refractivity contribution in [2.24, 2.45) is 0 Å². The van der Waals surface area contributed by atoms with Gasteiger partial charge >= 0.3 is 6.09 Å². The van der Waals surface area contributed by atoms with Crippen molar-refractivity contribution in [1.29, 1.82) is 0 Å². The molecule has 1 N–H and O–H groups in total. The van der Waals surface area contributed by atoms with Gasteiger partial charge in [-0.05, 0) is 91.1 Å². The van der Waals surface area contributed by atoms with Crippen LogP contribution in [0.3, 0.4) is 0 Å². The van der Waals surface area contributed by atoms with E-state index in [1.54, 1.807) is 7.11 Å². The molecule has 0 bridgehead atoms. The van der Waals surface area contributed by atoms with E-state index in [2.05, 4.69) is 43.3 Å². The summed E-state index contributed by atoms with van der Waals surface area (Å²) in [5.41, 5.74) is 5.47. The van der Waals surface area contributed by atoms with Crippen molar-refractivity contribution in [2.75, 3.05) is 51.5 Å². The molecule has 2 aliphatic heterocycles. The Balaban J connectivity index is 1.15. The number of piperidine rings is 1. The molecular weight excluding hydrogens is 596 g/mol. The maximum atomic E-state index is 12.7. The largest absolute Gasteiger partial charge is 0.494 e. The van der Waals surface area contributed by atoms with Crippen LogP contribution in [0.25, 0.3) is 0 Å². The minimum atomic E-state index is -0.931. The highest BCUT2D eigenvalue weighted by Gasteiger charge is 2.33. The predicted octanol–water partition coefficient (Wildman–Crippen LogP) is 6.86. The molecule has 0 aliphatic carbocycles. The van der Waals surface area contributed by atoms with Crippen molar-refractivity contribution >= 4 is 17.7 Å². The fraction of sp³-hybridized carbons (Fsp3) is 0.474. The number of likely N-dealkylation sites (tertiary alicyclic amines) is 1. The molecule has 2 aliphatic rings. The number of hydrogen-bond donors (Lipinski definition) is 1. The Morgan fingerprint density at radius 3 is 2.21 bits per heavy atom. The molecule has 3 aromatic rings. The Hall–Kier alpha value is -4.08. The zero-order chi connectivity index (χ0) is 33.0. The zero-order valence-corrected chi connectivity index (χ0v) is 27.7. The van der Waals surface area contributed by atoms with E-state index in [1.165, 1.54) is 10.5 Å². The number of fused-ring (bicyclic) bond motifs is 1. The van der Waals surface area contributed by atoms with Gasteiger partial charge in [0.15, 0.2) is 0 Å². The number of aryl methyl sites for hydroxylation is 2. The number of carboxylic acid groups (broad SMARTS) is 1. The van der Waals surface area contributed by atoms with Gasteiger partial charge in [-0.3, -0.25) is 4.79 Å². The summed E-state index contributed by atoms with van der Waals surface area (Å²) in [6.07, 6.45) is 4.26. The second-order valence-electron chi connectivity index (χ2n) is 12.3. The molecule has 2 atom stereocenters. The van der Waals surface area contributed by atoms with Crippen LogP contribution in [-0.4, -0.2) is 74.7 Å². The van der Waals surface area contributed by atoms with E-state index < -0.39 is 6.09 Å². The Labute approximate surface area is 278 Å². The Bertz CT molecular complexity index is 1440. The summed E-state index contributed by atoms with van der Waals surface area (Å²) in [7, 11) is 1.67. The van der Waals surface area contributed by atoms with Gasteiger partial charge in [-0.1, -0.05) is 43.3 Å². The first-order chi connectivity index (χ1) is 22.9. The van der Waals surface area contributed by atoms with Gasteiger partial charge in [0.05, 0.1) is 32.5 Å². The molecule has 5 rings (SSSR count). The topological polar surface area (TPSA) is 97.8 Å². The van der Waals surface area contributed by atoms with Crippen molar-refractivity contribution in [3.63, 3.8) is 0 Å². The van der Waals surface area contributed by atoms with Crippen LogP contribution in [0, 0.1) is 0 Å². The second-order valence-corrected chi connectivity index (χ2v) is 12.3. The van der Waals surface area contributed by atoms with E-state index in [0.717, 1.165) is 66.0 Å². The zero-order valence-electron chi connectivity index (χ0n) is 27.7. The Morgan fingerprint density at radius 2 is 1.55 bits per heavy atom. The van der Waals surface area contributed by atoms with Gasteiger partial charge in [-0.25, -0.2) is 4.79 Å². The van der Waals surface area contributed by atoms with Gasteiger partial charge < -0.3 is 33.9 Å². The number of carbonyl (C=O) groups excluding carboxylic acids is 1. The maximum absolute atomic E-state index is 12.7. The van der Waals surface area contributed by atoms with Crippen LogP contribution in [0.4, 0.5) is 10.5 Å². The Morgan fingerprint density at radius 1 is 0.872 bits per heavy atom. The van der Waals surface area contributed by atoms with Crippen LogP contribution in [-0.2, 0) is 33.7 Å². The van der Waals surface area contributed by atoms with E-state index in [1.807, 2.05) is 35.2 Å². The molecule has 252 valence electrons. The molecule has 2 amide bonds. The first kappa shape index (κ1) is 34.3. The number of hydrogen-bond acceptors (Lipinski definition) is 6. The maximum Gasteiger partial charge on any atom is 0.407 e. The van der Waals surface area contributed by atoms with Crippen LogP contribution in [0.5, 0.6) is 11.5 Å². The highest BCUT2D eigenvalue weighted by Crippen LogP contribution is 2.34. The number of rotatable bonds is 16. The number of carbonyl (C=O) groups is 2. The van der Waals surface area contributed by atoms with E-state index in [9.17, 15) is 14.7 Å². The molecule has 1 saturated heterocycles. The summed E-state index contributed by atoms with van der Waals surface area (Å²) in [5, 5.41) is 9.72. The first-order valence-corrected chi connectivity index (χ1v) is 16.9. The lowest BCUT2D eigenvalue weighted by Gasteiger charge is -2.37. The highest BCUT2D eigenvalue weighted by atomic mass is 16.5. The number of unbranched alkanes of at least 4 members (excludes halogenated alkanes) is 1. The fourth-order valence-corrected chi connectivity index (χ4v) is 6.35. The molecule has 47 heavy (non-hydrogen) atoms. The van der Waals surface area contributed by atoms with Crippen molar-refractivity contribution < 1.29 is 33.6 Å². The average molecular weight is 645 g/mol. The number of ether oxygens (including phenoxy) is 4. The number of amides is 2. The smallest absolute Gasteiger partial charge is 0.407 e. The van der Waals surface area contributed by atoms with Gasteiger partial charge in [-0.2, -0.15) is 0 Å². The lowest BCUT2D eigenvalue weighted by molar-refractivity contribution is -0.118. The molecule has 2 unspecified atom stereocenters. The molecular formula is C38H48N2O7. The van der Waals surface area contributed by atoms with Gasteiger partial charge in [0, 0.05) is 44.8 Å². The minimum absolute atomic E-state index is 0.0490. The molecule has 0 saturated carbocycles. The summed E-state index contributed by atoms with van der Waals surface area (Å²) in [6.45, 7) is 5.71. The number of anilines is 1. The number of methoxy groups -OCH3 is 1. The SMILES string of the molecule is CCc1ccc(OCCCCOc2ccc(C3CCN(C(=O)O)CC3OCc3ccc4c(c3)N(CCCOC)C(=O)CC4)cc2)cc1. The fourth-order valence-electron chi connectivity index (χ4n) is 6.35. The third-order valence-corrected chi connectivity index (χ3v) is 9.09. The van der Waals surface area contributed by atoms with Crippen molar-refractivity contribution in [1.82, 2.24) is 4.90 Å². The lowest BCUT2D eigenvalue weighted by atomic mass is 9.87. The predicted molar refractivity (Wildman–Crippen MR) is 182 cm³/mol. The molecule has 0 aromatic heterocycles. The number of benzene rings is 3. The van der Waals surface area contributed by atoms with Crippen LogP contribution >= 0.6 is 0 Å². The normalized spacial score (nSPS) is 17.8. The molecule has 1 fully saturated rings. The monoisotopic (exact) mass is 644 g/mol. The van der Waals surface area contributed by atoms with Gasteiger partial charge in [0.2, 0.25) is 5.91 Å². The highest BCUT2D eigenvalue weighted by molar-refractivity contribution is 5.96. The molecule has 0 radical (unpaired) electrons. The molecule has 9 heteroatoms. The van der Waals surface area contributed by atoms with Crippen LogP contribution in [0.15, 0.2) is 66.7 Å². The third-order valence-electron chi connectivity index (χ3n) is 9.09. The quantitative estimate of drug-likeness (QED) is 0.170. The second kappa shape index (κ2) is 17.2. The van der Waals surface area contributed by atoms with Gasteiger partial charge in [0.25, 0.3) is 0 Å². The van der Waals surface area contributed by atoms with Gasteiger partial charge in [0.1, 0.15) is 11.5 Å². The van der Waals surface area contributed by atoms with Crippen LogP contribution < -0.4 is 14.4 Å². The average Bonchev–Trinajstić information content (AvgIpc) is 3.10. The minimum Gasteiger partial charge on any atom is -0.494 e. The summed E-state index contributed by atoms with van der Waals surface area (Å²) < 4.78 is 23.5. The molecule has 2 heterocycles. The van der Waals surface area contributed by atoms with Crippen LogP contribution in [0.1, 0.15) is 67.2 Å². The van der Waals surface area contributed by atoms with Crippen molar-refractivity contribution in [3.8, 4) is 11.5 Å².